The van der Waals surface area contributed by atoms with Gasteiger partial charge < -0.3 is 0 Å². The molecule has 0 N–H and O–H groups in total. The molecule has 0 aliphatic heterocycles. The quantitative estimate of drug-likeness (QED) is 0.221. The summed E-state index contributed by atoms with van der Waals surface area (Å²) in [5.74, 6) is 0. The van der Waals surface area contributed by atoms with E-state index in [1.165, 1.54) is 77.0 Å². The van der Waals surface area contributed by atoms with Crippen LogP contribution >= 0.6 is 0 Å². The van der Waals surface area contributed by atoms with Crippen molar-refractivity contribution in [3.8, 4) is 0 Å². The van der Waals surface area contributed by atoms with Crippen LogP contribution < -0.4 is 0 Å². The minimum atomic E-state index is 0.780. The molecule has 0 radical (unpaired) electrons. The van der Waals surface area contributed by atoms with Gasteiger partial charge in [0.1, 0.15) is 0 Å². The first-order valence-corrected chi connectivity index (χ1v) is 15.6. The molecule has 0 heterocycles. The third-order valence-corrected chi connectivity index (χ3v) is 12.0. The first-order chi connectivity index (χ1) is 15.6. The maximum Gasteiger partial charge on any atom is -0.0240 e. The molecular weight excluding hydrogens is 384 g/mol. The number of hydrogen-bond acceptors (Lipinski definition) is 0. The lowest BCUT2D eigenvalue weighted by molar-refractivity contribution is -0.162. The van der Waals surface area contributed by atoms with Crippen molar-refractivity contribution in [2.45, 2.75) is 181 Å². The lowest BCUT2D eigenvalue weighted by atomic mass is 9.38. The maximum absolute atomic E-state index is 2.34. The van der Waals surface area contributed by atoms with E-state index in [-0.39, 0.29) is 0 Å². The molecule has 6 rings (SSSR count). The molecule has 0 unspecified atom stereocenters. The summed E-state index contributed by atoms with van der Waals surface area (Å²) >= 11 is 0. The zero-order valence-electron chi connectivity index (χ0n) is 22.4. The number of fused-ring (bicyclic) bond motifs is 6. The van der Waals surface area contributed by atoms with Gasteiger partial charge in [-0.3, -0.25) is 0 Å². The molecule has 0 aromatic heterocycles. The van der Waals surface area contributed by atoms with E-state index in [9.17, 15) is 0 Å². The van der Waals surface area contributed by atoms with Gasteiger partial charge in [0.15, 0.2) is 0 Å². The molecule has 0 spiro atoms. The second kappa shape index (κ2) is 11.2. The van der Waals surface area contributed by atoms with E-state index in [0.717, 1.165) is 21.7 Å². The van der Waals surface area contributed by atoms with Gasteiger partial charge in [0.25, 0.3) is 0 Å². The van der Waals surface area contributed by atoms with Gasteiger partial charge in [0, 0.05) is 0 Å². The van der Waals surface area contributed by atoms with Crippen molar-refractivity contribution < 1.29 is 0 Å². The molecule has 0 amide bonds. The predicted octanol–water partition coefficient (Wildman–Crippen LogP) is 11.2. The standard InChI is InChI=1S/C32H58/c1-3-5-7-9-11-13-15-29-17-23-31(24-18-29,25-19-29)32-26-20-30(21-27-32,22-28-32)16-14-12-10-8-6-4-2/h3-28H2,1-2H3. The molecule has 0 aromatic carbocycles. The monoisotopic (exact) mass is 442 g/mol. The fourth-order valence-electron chi connectivity index (χ4n) is 9.43. The second-order valence-corrected chi connectivity index (χ2v) is 13.6. The van der Waals surface area contributed by atoms with Crippen molar-refractivity contribution in [1.29, 1.82) is 0 Å². The van der Waals surface area contributed by atoms with Crippen LogP contribution in [0.3, 0.4) is 0 Å². The Kier molecular flexibility index (Phi) is 8.75. The first kappa shape index (κ1) is 25.1. The van der Waals surface area contributed by atoms with Gasteiger partial charge >= 0.3 is 0 Å². The number of hydrogen-bond donors (Lipinski definition) is 0. The van der Waals surface area contributed by atoms with Crippen molar-refractivity contribution in [3.63, 3.8) is 0 Å². The minimum absolute atomic E-state index is 0.780. The highest BCUT2D eigenvalue weighted by Gasteiger charge is 2.61. The van der Waals surface area contributed by atoms with E-state index in [1.54, 1.807) is 89.9 Å². The molecule has 0 heteroatoms. The fraction of sp³-hybridized carbons (Fsp3) is 1.00. The van der Waals surface area contributed by atoms with Crippen molar-refractivity contribution in [3.05, 3.63) is 0 Å². The van der Waals surface area contributed by atoms with Crippen LogP contribution in [0.25, 0.3) is 0 Å². The Bertz CT molecular complexity index is 457. The van der Waals surface area contributed by atoms with Crippen molar-refractivity contribution in [2.24, 2.45) is 21.7 Å². The molecule has 6 saturated carbocycles. The van der Waals surface area contributed by atoms with E-state index in [1.807, 2.05) is 0 Å². The Morgan fingerprint density at radius 2 is 0.625 bits per heavy atom. The SMILES string of the molecule is CCCCCCCCC12CCC(C34CCC(CCCCCCCC)(CC3)CC4)(CC1)CC2. The Morgan fingerprint density at radius 3 is 0.938 bits per heavy atom. The van der Waals surface area contributed by atoms with Gasteiger partial charge in [-0.2, -0.15) is 0 Å². The first-order valence-electron chi connectivity index (χ1n) is 15.6. The molecule has 6 aliphatic carbocycles. The molecular formula is C32H58. The molecule has 0 saturated heterocycles. The van der Waals surface area contributed by atoms with Crippen molar-refractivity contribution in [2.75, 3.05) is 0 Å². The number of unbranched alkanes of at least 4 members (excludes halogenated alkanes) is 10. The van der Waals surface area contributed by atoms with Gasteiger partial charge in [-0.1, -0.05) is 90.9 Å². The highest BCUT2D eigenvalue weighted by Crippen LogP contribution is 2.73. The van der Waals surface area contributed by atoms with Crippen LogP contribution in [0.15, 0.2) is 0 Å². The lowest BCUT2D eigenvalue weighted by Crippen LogP contribution is -2.56. The Hall–Kier alpha value is 0. The highest BCUT2D eigenvalue weighted by molar-refractivity contribution is 5.12. The van der Waals surface area contributed by atoms with E-state index in [4.69, 9.17) is 0 Å². The summed E-state index contributed by atoms with van der Waals surface area (Å²) in [5.41, 5.74) is 3.13. The molecule has 186 valence electrons. The normalized spacial score (nSPS) is 38.4. The molecule has 32 heavy (non-hydrogen) atoms. The van der Waals surface area contributed by atoms with Crippen LogP contribution in [0.1, 0.15) is 181 Å². The van der Waals surface area contributed by atoms with Crippen LogP contribution in [-0.2, 0) is 0 Å². The topological polar surface area (TPSA) is 0 Å². The molecule has 0 aromatic rings. The van der Waals surface area contributed by atoms with Crippen LogP contribution in [0, 0.1) is 21.7 Å². The van der Waals surface area contributed by atoms with Crippen molar-refractivity contribution in [1.82, 2.24) is 0 Å². The zero-order valence-corrected chi connectivity index (χ0v) is 22.4. The van der Waals surface area contributed by atoms with E-state index >= 15 is 0 Å². The summed E-state index contributed by atoms with van der Waals surface area (Å²) in [5, 5.41) is 0. The smallest absolute Gasteiger partial charge is 0.0240 e. The molecule has 0 nitrogen and oxygen atoms in total. The van der Waals surface area contributed by atoms with Crippen LogP contribution in [0.5, 0.6) is 0 Å². The Balaban J connectivity index is 1.21. The van der Waals surface area contributed by atoms with Gasteiger partial charge in [-0.25, -0.2) is 0 Å². The predicted molar refractivity (Wildman–Crippen MR) is 141 cm³/mol. The maximum atomic E-state index is 2.34. The summed E-state index contributed by atoms with van der Waals surface area (Å²) in [6.45, 7) is 4.67. The van der Waals surface area contributed by atoms with Crippen LogP contribution in [-0.4, -0.2) is 0 Å². The van der Waals surface area contributed by atoms with Gasteiger partial charge in [-0.15, -0.1) is 0 Å². The summed E-state index contributed by atoms with van der Waals surface area (Å²) in [7, 11) is 0. The van der Waals surface area contributed by atoms with Crippen molar-refractivity contribution >= 4 is 0 Å². The molecule has 6 aliphatic rings. The summed E-state index contributed by atoms with van der Waals surface area (Å²) in [4.78, 5) is 0. The largest absolute Gasteiger partial charge is 0.0654 e. The van der Waals surface area contributed by atoms with Gasteiger partial charge in [0.05, 0.1) is 0 Å². The highest BCUT2D eigenvalue weighted by atomic mass is 14.7. The second-order valence-electron chi connectivity index (χ2n) is 13.6. The molecule has 6 fully saturated rings. The Labute approximate surface area is 202 Å². The molecule has 4 bridgehead atoms. The summed E-state index contributed by atoms with van der Waals surface area (Å²) in [6, 6.07) is 0. The third-order valence-electron chi connectivity index (χ3n) is 12.0. The van der Waals surface area contributed by atoms with Crippen LogP contribution in [0.2, 0.25) is 0 Å². The third kappa shape index (κ3) is 5.30. The average Bonchev–Trinajstić information content (AvgIpc) is 2.86. The van der Waals surface area contributed by atoms with Gasteiger partial charge in [0.2, 0.25) is 0 Å². The zero-order chi connectivity index (χ0) is 22.4. The average molecular weight is 443 g/mol. The number of rotatable bonds is 15. The van der Waals surface area contributed by atoms with Gasteiger partial charge in [-0.05, 0) is 112 Å². The Morgan fingerprint density at radius 1 is 0.344 bits per heavy atom. The minimum Gasteiger partial charge on any atom is -0.0654 e. The summed E-state index contributed by atoms with van der Waals surface area (Å²) < 4.78 is 0. The lowest BCUT2D eigenvalue weighted by Gasteiger charge is -2.67. The van der Waals surface area contributed by atoms with E-state index in [0.29, 0.717) is 0 Å². The summed E-state index contributed by atoms with van der Waals surface area (Å²) in [6.07, 6.45) is 40.2. The molecule has 0 atom stereocenters. The van der Waals surface area contributed by atoms with Crippen LogP contribution in [0.4, 0.5) is 0 Å². The van der Waals surface area contributed by atoms with E-state index in [2.05, 4.69) is 13.8 Å². The fourth-order valence-corrected chi connectivity index (χ4v) is 9.43. The van der Waals surface area contributed by atoms with E-state index < -0.39 is 0 Å².